The molecular formula is C11H9ClHg. The molecule has 2 heteroatoms. The van der Waals surface area contributed by atoms with Crippen LogP contribution in [0.15, 0.2) is 42.5 Å². The monoisotopic (exact) mass is 378 g/mol. The van der Waals surface area contributed by atoms with Gasteiger partial charge in [-0.15, -0.1) is 0 Å². The van der Waals surface area contributed by atoms with Crippen molar-refractivity contribution in [1.29, 1.82) is 0 Å². The van der Waals surface area contributed by atoms with Crippen LogP contribution in [0.5, 0.6) is 0 Å². The van der Waals surface area contributed by atoms with Gasteiger partial charge in [0.2, 0.25) is 0 Å². The number of hydrogen-bond acceptors (Lipinski definition) is 0. The van der Waals surface area contributed by atoms with Gasteiger partial charge in [-0.3, -0.25) is 0 Å². The SMILES string of the molecule is [Cl][Hg][CH2]c1cccc2ccccc12. The molecule has 0 nitrogen and oxygen atoms in total. The number of rotatable bonds is 2. The van der Waals surface area contributed by atoms with Crippen molar-refractivity contribution in [2.45, 2.75) is 3.93 Å². The van der Waals surface area contributed by atoms with E-state index < -0.39 is 23.3 Å². The van der Waals surface area contributed by atoms with Crippen LogP contribution in [0.1, 0.15) is 5.56 Å². The van der Waals surface area contributed by atoms with Crippen LogP contribution in [-0.4, -0.2) is 0 Å². The quantitative estimate of drug-likeness (QED) is 0.702. The molecular weight excluding hydrogens is 368 g/mol. The van der Waals surface area contributed by atoms with Crippen molar-refractivity contribution >= 4 is 19.0 Å². The van der Waals surface area contributed by atoms with E-state index in [4.69, 9.17) is 8.25 Å². The van der Waals surface area contributed by atoms with Crippen molar-refractivity contribution in [2.24, 2.45) is 0 Å². The molecule has 0 N–H and O–H groups in total. The molecule has 0 saturated carbocycles. The number of halogens is 1. The fourth-order valence-electron chi connectivity index (χ4n) is 1.61. The predicted molar refractivity (Wildman–Crippen MR) is 53.5 cm³/mol. The second-order valence-electron chi connectivity index (χ2n) is 3.08. The number of benzene rings is 2. The zero-order valence-corrected chi connectivity index (χ0v) is 13.6. The van der Waals surface area contributed by atoms with E-state index in [1.165, 1.54) is 20.3 Å². The summed E-state index contributed by atoms with van der Waals surface area (Å²) in [4.78, 5) is 0. The Morgan fingerprint density at radius 3 is 2.62 bits per heavy atom. The molecule has 0 amide bonds. The predicted octanol–water partition coefficient (Wildman–Crippen LogP) is 3.58. The van der Waals surface area contributed by atoms with Gasteiger partial charge in [-0.05, 0) is 0 Å². The summed E-state index contributed by atoms with van der Waals surface area (Å²) >= 11 is -1.05. The summed E-state index contributed by atoms with van der Waals surface area (Å²) in [5.41, 5.74) is 1.44. The van der Waals surface area contributed by atoms with Crippen molar-refractivity contribution in [1.82, 2.24) is 0 Å². The standard InChI is InChI=1S/C11H9.ClH.Hg/c1-9-5-4-7-10-6-2-3-8-11(9)10;;/h2-8H,1H2;1H;/q;;+1/p-1. The van der Waals surface area contributed by atoms with Crippen LogP contribution in [-0.2, 0) is 27.3 Å². The maximum absolute atomic E-state index is 5.96. The molecule has 0 aliphatic carbocycles. The van der Waals surface area contributed by atoms with Crippen LogP contribution >= 0.6 is 8.25 Å². The molecule has 0 aromatic heterocycles. The van der Waals surface area contributed by atoms with E-state index in [0.717, 1.165) is 0 Å². The van der Waals surface area contributed by atoms with E-state index in [1.54, 1.807) is 0 Å². The summed E-state index contributed by atoms with van der Waals surface area (Å²) in [6, 6.07) is 15.0. The molecule has 0 bridgehead atoms. The van der Waals surface area contributed by atoms with Crippen molar-refractivity contribution in [3.63, 3.8) is 0 Å². The van der Waals surface area contributed by atoms with Crippen LogP contribution in [0.4, 0.5) is 0 Å². The average molecular weight is 377 g/mol. The van der Waals surface area contributed by atoms with Crippen LogP contribution in [0.25, 0.3) is 10.8 Å². The Kier molecular flexibility index (Phi) is 3.23. The third-order valence-corrected chi connectivity index (χ3v) is 6.73. The summed E-state index contributed by atoms with van der Waals surface area (Å²) in [5, 5.41) is 2.71. The number of hydrogen-bond donors (Lipinski definition) is 0. The third kappa shape index (κ3) is 2.05. The van der Waals surface area contributed by atoms with Crippen molar-refractivity contribution in [2.75, 3.05) is 0 Å². The van der Waals surface area contributed by atoms with E-state index in [0.29, 0.717) is 0 Å². The topological polar surface area (TPSA) is 0 Å². The Morgan fingerprint density at radius 2 is 1.77 bits per heavy atom. The molecule has 2 aromatic carbocycles. The van der Waals surface area contributed by atoms with E-state index in [-0.39, 0.29) is 0 Å². The van der Waals surface area contributed by atoms with Crippen LogP contribution in [0.2, 0.25) is 0 Å². The van der Waals surface area contributed by atoms with Crippen LogP contribution in [0, 0.1) is 0 Å². The third-order valence-electron chi connectivity index (χ3n) is 2.24. The molecule has 62 valence electrons. The Morgan fingerprint density at radius 1 is 1.00 bits per heavy atom. The summed E-state index contributed by atoms with van der Waals surface area (Å²) in [6.07, 6.45) is 0. The molecule has 0 unspecified atom stereocenters. The Balaban J connectivity index is 2.61. The van der Waals surface area contributed by atoms with Gasteiger partial charge in [0, 0.05) is 0 Å². The van der Waals surface area contributed by atoms with Gasteiger partial charge in [-0.25, -0.2) is 0 Å². The average Bonchev–Trinajstić information content (AvgIpc) is 2.19. The second-order valence-corrected chi connectivity index (χ2v) is 9.81. The van der Waals surface area contributed by atoms with Crippen LogP contribution < -0.4 is 0 Å². The second kappa shape index (κ2) is 4.43. The first-order chi connectivity index (χ1) is 6.42. The fraction of sp³-hybridized carbons (Fsp3) is 0.0909. The molecule has 0 aliphatic rings. The Labute approximate surface area is 93.8 Å². The number of fused-ring (bicyclic) bond motifs is 1. The van der Waals surface area contributed by atoms with Crippen molar-refractivity contribution < 1.29 is 23.3 Å². The molecule has 0 heterocycles. The zero-order valence-electron chi connectivity index (χ0n) is 7.33. The van der Waals surface area contributed by atoms with E-state index in [1.807, 2.05) is 0 Å². The molecule has 0 fully saturated rings. The normalized spacial score (nSPS) is 9.92. The molecule has 0 aliphatic heterocycles. The summed E-state index contributed by atoms with van der Waals surface area (Å²) in [6.45, 7) is 0. The molecule has 2 rings (SSSR count). The summed E-state index contributed by atoms with van der Waals surface area (Å²) in [7, 11) is 5.96. The summed E-state index contributed by atoms with van der Waals surface area (Å²) < 4.78 is 1.17. The van der Waals surface area contributed by atoms with Gasteiger partial charge in [0.05, 0.1) is 0 Å². The van der Waals surface area contributed by atoms with E-state index in [2.05, 4.69) is 42.5 Å². The molecule has 0 spiro atoms. The molecule has 0 atom stereocenters. The first kappa shape index (κ1) is 9.48. The molecule has 2 aromatic rings. The van der Waals surface area contributed by atoms with Gasteiger partial charge in [-0.1, -0.05) is 0 Å². The molecule has 0 radical (unpaired) electrons. The minimum atomic E-state index is -1.05. The zero-order chi connectivity index (χ0) is 9.10. The van der Waals surface area contributed by atoms with Gasteiger partial charge in [-0.2, -0.15) is 0 Å². The van der Waals surface area contributed by atoms with Gasteiger partial charge in [0.1, 0.15) is 0 Å². The van der Waals surface area contributed by atoms with Crippen molar-refractivity contribution in [3.8, 4) is 0 Å². The van der Waals surface area contributed by atoms with Gasteiger partial charge < -0.3 is 0 Å². The minimum absolute atomic E-state index is 1.05. The molecule has 0 saturated heterocycles. The molecule has 13 heavy (non-hydrogen) atoms. The van der Waals surface area contributed by atoms with Crippen LogP contribution in [0.3, 0.4) is 0 Å². The fourth-order valence-corrected chi connectivity index (χ4v) is 5.89. The van der Waals surface area contributed by atoms with Gasteiger partial charge >= 0.3 is 94.3 Å². The van der Waals surface area contributed by atoms with Crippen molar-refractivity contribution in [3.05, 3.63) is 48.0 Å². The van der Waals surface area contributed by atoms with Gasteiger partial charge in [0.25, 0.3) is 0 Å². The van der Waals surface area contributed by atoms with Gasteiger partial charge in [0.15, 0.2) is 0 Å². The maximum atomic E-state index is 5.96. The Bertz CT molecular complexity index is 406. The summed E-state index contributed by atoms with van der Waals surface area (Å²) in [5.74, 6) is 0. The Hall–Kier alpha value is -0.0749. The van der Waals surface area contributed by atoms with E-state index >= 15 is 0 Å². The van der Waals surface area contributed by atoms with E-state index in [9.17, 15) is 0 Å². The first-order valence-corrected chi connectivity index (χ1v) is 15.1. The first-order valence-electron chi connectivity index (χ1n) is 4.44.